The van der Waals surface area contributed by atoms with Gasteiger partial charge in [-0.05, 0) is 30.9 Å². The molecule has 1 aromatic carbocycles. The van der Waals surface area contributed by atoms with Crippen LogP contribution in [0.15, 0.2) is 24.3 Å². The summed E-state index contributed by atoms with van der Waals surface area (Å²) in [4.78, 5) is 25.6. The van der Waals surface area contributed by atoms with E-state index < -0.39 is 6.10 Å². The zero-order valence-corrected chi connectivity index (χ0v) is 13.8. The number of carbonyl (C=O) groups is 2. The number of nitrogens with one attached hydrogen (secondary N) is 1. The topological polar surface area (TPSA) is 69.6 Å². The van der Waals surface area contributed by atoms with Gasteiger partial charge in [-0.1, -0.05) is 30.7 Å². The van der Waals surface area contributed by atoms with Gasteiger partial charge < -0.3 is 15.3 Å². The summed E-state index contributed by atoms with van der Waals surface area (Å²) in [6.07, 6.45) is 3.21. The average Bonchev–Trinajstić information content (AvgIpc) is 2.75. The normalized spacial score (nSPS) is 16.8. The van der Waals surface area contributed by atoms with E-state index in [0.29, 0.717) is 13.0 Å². The summed E-state index contributed by atoms with van der Waals surface area (Å²) in [5.74, 6) is 0.0185. The van der Waals surface area contributed by atoms with Crippen molar-refractivity contribution in [1.29, 1.82) is 0 Å². The Morgan fingerprint density at radius 1 is 1.30 bits per heavy atom. The maximum absolute atomic E-state index is 11.9. The molecular weight excluding hydrogens is 292 g/mol. The van der Waals surface area contributed by atoms with Crippen LogP contribution in [0.2, 0.25) is 0 Å². The van der Waals surface area contributed by atoms with Crippen LogP contribution >= 0.6 is 0 Å². The van der Waals surface area contributed by atoms with Crippen LogP contribution < -0.4 is 5.32 Å². The predicted molar refractivity (Wildman–Crippen MR) is 88.8 cm³/mol. The number of hydrogen-bond donors (Lipinski definition) is 2. The van der Waals surface area contributed by atoms with E-state index in [0.717, 1.165) is 36.9 Å². The lowest BCUT2D eigenvalue weighted by Gasteiger charge is -2.20. The van der Waals surface area contributed by atoms with Crippen molar-refractivity contribution in [2.75, 3.05) is 19.6 Å². The molecule has 5 nitrogen and oxygen atoms in total. The number of aliphatic hydroxyl groups is 1. The highest BCUT2D eigenvalue weighted by atomic mass is 16.3. The second-order valence-electron chi connectivity index (χ2n) is 6.12. The SMILES string of the molecule is Cc1ccccc1C(O)CNC(=O)CCN1CCCCCC1=O. The number of rotatable bonds is 6. The van der Waals surface area contributed by atoms with Crippen LogP contribution in [0.3, 0.4) is 0 Å². The number of likely N-dealkylation sites (tertiary alicyclic amines) is 1. The highest BCUT2D eigenvalue weighted by Gasteiger charge is 2.17. The van der Waals surface area contributed by atoms with Gasteiger partial charge >= 0.3 is 0 Å². The summed E-state index contributed by atoms with van der Waals surface area (Å²) in [5, 5.41) is 12.9. The van der Waals surface area contributed by atoms with Crippen molar-refractivity contribution in [1.82, 2.24) is 10.2 Å². The summed E-state index contributed by atoms with van der Waals surface area (Å²) in [7, 11) is 0. The molecule has 0 radical (unpaired) electrons. The molecule has 1 fully saturated rings. The van der Waals surface area contributed by atoms with E-state index >= 15 is 0 Å². The lowest BCUT2D eigenvalue weighted by Crippen LogP contribution is -2.35. The molecule has 23 heavy (non-hydrogen) atoms. The van der Waals surface area contributed by atoms with Crippen LogP contribution in [-0.2, 0) is 9.59 Å². The fourth-order valence-electron chi connectivity index (χ4n) is 2.88. The van der Waals surface area contributed by atoms with Crippen molar-refractivity contribution in [3.8, 4) is 0 Å². The second-order valence-corrected chi connectivity index (χ2v) is 6.12. The molecule has 2 amide bonds. The molecule has 0 spiro atoms. The van der Waals surface area contributed by atoms with E-state index in [1.807, 2.05) is 31.2 Å². The van der Waals surface area contributed by atoms with Crippen LogP contribution in [0.4, 0.5) is 0 Å². The van der Waals surface area contributed by atoms with Crippen LogP contribution in [-0.4, -0.2) is 41.5 Å². The third-order valence-corrected chi connectivity index (χ3v) is 4.32. The highest BCUT2D eigenvalue weighted by Crippen LogP contribution is 2.16. The standard InChI is InChI=1S/C18H26N2O3/c1-14-7-4-5-8-15(14)16(21)13-19-17(22)10-12-20-11-6-2-3-9-18(20)23/h4-5,7-8,16,21H,2-3,6,9-13H2,1H3,(H,19,22). The average molecular weight is 318 g/mol. The lowest BCUT2D eigenvalue weighted by molar-refractivity contribution is -0.131. The number of aryl methyl sites for hydroxylation is 1. The van der Waals surface area contributed by atoms with Crippen molar-refractivity contribution in [2.24, 2.45) is 0 Å². The summed E-state index contributed by atoms with van der Waals surface area (Å²) in [5.41, 5.74) is 1.83. The van der Waals surface area contributed by atoms with Crippen molar-refractivity contribution < 1.29 is 14.7 Å². The van der Waals surface area contributed by atoms with Gasteiger partial charge in [-0.15, -0.1) is 0 Å². The summed E-state index contributed by atoms with van der Waals surface area (Å²) in [6, 6.07) is 7.59. The van der Waals surface area contributed by atoms with E-state index in [9.17, 15) is 14.7 Å². The van der Waals surface area contributed by atoms with Gasteiger partial charge in [0.2, 0.25) is 11.8 Å². The van der Waals surface area contributed by atoms with Crippen molar-refractivity contribution in [2.45, 2.75) is 45.1 Å². The molecule has 1 saturated heterocycles. The minimum absolute atomic E-state index is 0.130. The fourth-order valence-corrected chi connectivity index (χ4v) is 2.88. The number of hydrogen-bond acceptors (Lipinski definition) is 3. The molecule has 0 aromatic heterocycles. The Balaban J connectivity index is 1.74. The Kier molecular flexibility index (Phi) is 6.59. The maximum Gasteiger partial charge on any atom is 0.222 e. The van der Waals surface area contributed by atoms with E-state index in [1.165, 1.54) is 0 Å². The van der Waals surface area contributed by atoms with Crippen LogP contribution in [0.1, 0.15) is 49.3 Å². The Hall–Kier alpha value is -1.88. The number of amides is 2. The van der Waals surface area contributed by atoms with Crippen molar-refractivity contribution in [3.05, 3.63) is 35.4 Å². The predicted octanol–water partition coefficient (Wildman–Crippen LogP) is 1.94. The van der Waals surface area contributed by atoms with Crippen LogP contribution in [0.5, 0.6) is 0 Å². The zero-order chi connectivity index (χ0) is 16.7. The molecule has 1 unspecified atom stereocenters. The highest BCUT2D eigenvalue weighted by molar-refractivity contribution is 5.79. The monoisotopic (exact) mass is 318 g/mol. The van der Waals surface area contributed by atoms with E-state index in [1.54, 1.807) is 4.90 Å². The molecule has 1 aliphatic rings. The molecule has 2 N–H and O–H groups in total. The smallest absolute Gasteiger partial charge is 0.222 e. The summed E-state index contributed by atoms with van der Waals surface area (Å²) in [6.45, 7) is 3.34. The first kappa shape index (κ1) is 17.5. The molecule has 1 heterocycles. The minimum Gasteiger partial charge on any atom is -0.387 e. The third kappa shape index (κ3) is 5.36. The number of aliphatic hydroxyl groups excluding tert-OH is 1. The summed E-state index contributed by atoms with van der Waals surface area (Å²) < 4.78 is 0. The molecule has 1 aliphatic heterocycles. The lowest BCUT2D eigenvalue weighted by atomic mass is 10.0. The molecule has 126 valence electrons. The van der Waals surface area contributed by atoms with Gasteiger partial charge in [0, 0.05) is 32.5 Å². The van der Waals surface area contributed by atoms with E-state index in [4.69, 9.17) is 0 Å². The molecule has 0 aliphatic carbocycles. The minimum atomic E-state index is -0.708. The third-order valence-electron chi connectivity index (χ3n) is 4.32. The Morgan fingerprint density at radius 2 is 2.09 bits per heavy atom. The number of nitrogens with zero attached hydrogens (tertiary/aromatic N) is 1. The van der Waals surface area contributed by atoms with Gasteiger partial charge in [-0.2, -0.15) is 0 Å². The molecule has 5 heteroatoms. The molecular formula is C18H26N2O3. The molecule has 0 bridgehead atoms. The van der Waals surface area contributed by atoms with Crippen molar-refractivity contribution in [3.63, 3.8) is 0 Å². The Bertz CT molecular complexity index is 545. The van der Waals surface area contributed by atoms with Gasteiger partial charge in [-0.3, -0.25) is 9.59 Å². The van der Waals surface area contributed by atoms with E-state index in [2.05, 4.69) is 5.32 Å². The fraction of sp³-hybridized carbons (Fsp3) is 0.556. The quantitative estimate of drug-likeness (QED) is 0.842. The van der Waals surface area contributed by atoms with Gasteiger partial charge in [0.05, 0.1) is 6.10 Å². The van der Waals surface area contributed by atoms with Crippen LogP contribution in [0, 0.1) is 6.92 Å². The van der Waals surface area contributed by atoms with Gasteiger partial charge in [0.25, 0.3) is 0 Å². The van der Waals surface area contributed by atoms with Crippen molar-refractivity contribution >= 4 is 11.8 Å². The number of benzene rings is 1. The zero-order valence-electron chi connectivity index (χ0n) is 13.8. The van der Waals surface area contributed by atoms with Gasteiger partial charge in [-0.25, -0.2) is 0 Å². The first-order valence-corrected chi connectivity index (χ1v) is 8.36. The second kappa shape index (κ2) is 8.67. The molecule has 0 saturated carbocycles. The first-order chi connectivity index (χ1) is 11.1. The maximum atomic E-state index is 11.9. The Morgan fingerprint density at radius 3 is 2.87 bits per heavy atom. The van der Waals surface area contributed by atoms with Gasteiger partial charge in [0.15, 0.2) is 0 Å². The first-order valence-electron chi connectivity index (χ1n) is 8.36. The summed E-state index contributed by atoms with van der Waals surface area (Å²) >= 11 is 0. The molecule has 2 rings (SSSR count). The molecule has 1 atom stereocenters. The van der Waals surface area contributed by atoms with Crippen LogP contribution in [0.25, 0.3) is 0 Å². The Labute approximate surface area is 137 Å². The largest absolute Gasteiger partial charge is 0.387 e. The number of carbonyl (C=O) groups excluding carboxylic acids is 2. The molecule has 1 aromatic rings. The van der Waals surface area contributed by atoms with Gasteiger partial charge in [0.1, 0.15) is 0 Å². The van der Waals surface area contributed by atoms with E-state index in [-0.39, 0.29) is 24.8 Å².